The molecular weight excluding hydrogens is 408 g/mol. The average Bonchev–Trinajstić information content (AvgIpc) is 3.28. The van der Waals surface area contributed by atoms with Crippen molar-refractivity contribution in [3.8, 4) is 0 Å². The molecule has 1 saturated heterocycles. The number of aromatic nitrogens is 1. The third-order valence-corrected chi connectivity index (χ3v) is 5.38. The highest BCUT2D eigenvalue weighted by atomic mass is 32.1. The SMILES string of the molecule is O=C(NC(C(=O)NC1CCCCNC(=O)C1=O)c1cncs1)OCc1ccccc1. The number of thiazole rings is 1. The number of nitrogens with zero attached hydrogens (tertiary/aromatic N) is 1. The van der Waals surface area contributed by atoms with Crippen molar-refractivity contribution in [3.63, 3.8) is 0 Å². The Morgan fingerprint density at radius 3 is 2.77 bits per heavy atom. The number of amides is 3. The lowest BCUT2D eigenvalue weighted by Crippen LogP contribution is -2.51. The van der Waals surface area contributed by atoms with E-state index < -0.39 is 35.8 Å². The van der Waals surface area contributed by atoms with Crippen molar-refractivity contribution in [3.05, 3.63) is 52.5 Å². The van der Waals surface area contributed by atoms with Gasteiger partial charge in [-0.15, -0.1) is 11.3 Å². The van der Waals surface area contributed by atoms with Gasteiger partial charge in [-0.1, -0.05) is 30.3 Å². The van der Waals surface area contributed by atoms with Crippen molar-refractivity contribution in [2.24, 2.45) is 0 Å². The van der Waals surface area contributed by atoms with Gasteiger partial charge in [0.15, 0.2) is 0 Å². The summed E-state index contributed by atoms with van der Waals surface area (Å²) in [4.78, 5) is 53.7. The van der Waals surface area contributed by atoms with Crippen LogP contribution in [0.25, 0.3) is 0 Å². The summed E-state index contributed by atoms with van der Waals surface area (Å²) in [6, 6.07) is 7.08. The second-order valence-corrected chi connectivity index (χ2v) is 7.64. The van der Waals surface area contributed by atoms with Crippen LogP contribution in [0.3, 0.4) is 0 Å². The Balaban J connectivity index is 1.65. The van der Waals surface area contributed by atoms with E-state index in [0.717, 1.165) is 5.56 Å². The van der Waals surface area contributed by atoms with E-state index >= 15 is 0 Å². The smallest absolute Gasteiger partial charge is 0.408 e. The third-order valence-electron chi connectivity index (χ3n) is 4.53. The Labute approximate surface area is 177 Å². The maximum atomic E-state index is 12.9. The van der Waals surface area contributed by atoms with E-state index in [9.17, 15) is 19.2 Å². The second-order valence-electron chi connectivity index (χ2n) is 6.72. The summed E-state index contributed by atoms with van der Waals surface area (Å²) in [5.41, 5.74) is 2.33. The summed E-state index contributed by atoms with van der Waals surface area (Å²) in [6.07, 6.45) is 2.42. The summed E-state index contributed by atoms with van der Waals surface area (Å²) in [5, 5.41) is 7.63. The fraction of sp³-hybridized carbons (Fsp3) is 0.350. The minimum atomic E-state index is -1.10. The van der Waals surface area contributed by atoms with Crippen molar-refractivity contribution in [1.29, 1.82) is 0 Å². The number of alkyl carbamates (subject to hydrolysis) is 1. The number of ether oxygens (including phenoxy) is 1. The molecule has 2 atom stereocenters. The molecule has 2 unspecified atom stereocenters. The van der Waals surface area contributed by atoms with Crippen molar-refractivity contribution in [2.45, 2.75) is 38.0 Å². The largest absolute Gasteiger partial charge is 0.445 e. The molecule has 1 aliphatic rings. The van der Waals surface area contributed by atoms with Crippen LogP contribution in [0.1, 0.15) is 35.7 Å². The van der Waals surface area contributed by atoms with Crippen LogP contribution < -0.4 is 16.0 Å². The van der Waals surface area contributed by atoms with Crippen molar-refractivity contribution < 1.29 is 23.9 Å². The van der Waals surface area contributed by atoms with Gasteiger partial charge in [0.2, 0.25) is 11.7 Å². The zero-order chi connectivity index (χ0) is 21.3. The van der Waals surface area contributed by atoms with Gasteiger partial charge >= 0.3 is 6.09 Å². The van der Waals surface area contributed by atoms with Crippen LogP contribution in [0, 0.1) is 0 Å². The van der Waals surface area contributed by atoms with Gasteiger partial charge in [0, 0.05) is 12.7 Å². The summed E-state index contributed by atoms with van der Waals surface area (Å²) >= 11 is 1.18. The number of nitrogens with one attached hydrogen (secondary N) is 3. The molecule has 3 N–H and O–H groups in total. The number of benzene rings is 1. The first kappa shape index (κ1) is 21.4. The molecule has 3 rings (SSSR count). The average molecular weight is 430 g/mol. The van der Waals surface area contributed by atoms with Gasteiger partial charge < -0.3 is 20.7 Å². The summed E-state index contributed by atoms with van der Waals surface area (Å²) in [5.74, 6) is -2.02. The minimum absolute atomic E-state index is 0.0466. The van der Waals surface area contributed by atoms with Gasteiger partial charge in [0.1, 0.15) is 12.6 Å². The third kappa shape index (κ3) is 5.86. The maximum Gasteiger partial charge on any atom is 0.408 e. The quantitative estimate of drug-likeness (QED) is 0.596. The molecule has 1 aromatic heterocycles. The molecule has 158 valence electrons. The molecule has 0 radical (unpaired) electrons. The molecule has 1 fully saturated rings. The molecular formula is C20H22N4O5S. The van der Waals surface area contributed by atoms with E-state index in [2.05, 4.69) is 20.9 Å². The second kappa shape index (κ2) is 10.5. The number of carbonyl (C=O) groups is 4. The highest BCUT2D eigenvalue weighted by molar-refractivity contribution is 7.09. The summed E-state index contributed by atoms with van der Waals surface area (Å²) < 4.78 is 5.19. The van der Waals surface area contributed by atoms with Gasteiger partial charge in [-0.05, 0) is 24.8 Å². The fourth-order valence-electron chi connectivity index (χ4n) is 2.96. The van der Waals surface area contributed by atoms with E-state index in [1.165, 1.54) is 23.0 Å². The Morgan fingerprint density at radius 2 is 2.03 bits per heavy atom. The first-order valence-corrected chi connectivity index (χ1v) is 10.4. The Bertz CT molecular complexity index is 888. The summed E-state index contributed by atoms with van der Waals surface area (Å²) in [6.45, 7) is 0.481. The molecule has 10 heteroatoms. The molecule has 30 heavy (non-hydrogen) atoms. The zero-order valence-electron chi connectivity index (χ0n) is 16.1. The van der Waals surface area contributed by atoms with Crippen LogP contribution in [0.5, 0.6) is 0 Å². The molecule has 1 aromatic carbocycles. The van der Waals surface area contributed by atoms with Gasteiger partial charge in [0.05, 0.1) is 16.4 Å². The molecule has 0 spiro atoms. The van der Waals surface area contributed by atoms with Crippen molar-refractivity contribution >= 4 is 35.0 Å². The lowest BCUT2D eigenvalue weighted by Gasteiger charge is -2.23. The van der Waals surface area contributed by atoms with E-state index in [1.807, 2.05) is 30.3 Å². The van der Waals surface area contributed by atoms with Gasteiger partial charge in [-0.25, -0.2) is 4.79 Å². The van der Waals surface area contributed by atoms with Crippen LogP contribution in [0.15, 0.2) is 42.0 Å². The van der Waals surface area contributed by atoms with E-state index in [0.29, 0.717) is 30.7 Å². The van der Waals surface area contributed by atoms with Gasteiger partial charge in [-0.2, -0.15) is 0 Å². The number of carbonyl (C=O) groups excluding carboxylic acids is 4. The number of rotatable bonds is 6. The first-order chi connectivity index (χ1) is 14.5. The number of hydrogen-bond acceptors (Lipinski definition) is 7. The van der Waals surface area contributed by atoms with Crippen molar-refractivity contribution in [1.82, 2.24) is 20.9 Å². The lowest BCUT2D eigenvalue weighted by atomic mass is 10.0. The molecule has 1 aliphatic heterocycles. The summed E-state index contributed by atoms with van der Waals surface area (Å²) in [7, 11) is 0. The topological polar surface area (TPSA) is 126 Å². The minimum Gasteiger partial charge on any atom is -0.445 e. The standard InChI is InChI=1S/C20H22N4O5S/c25-17-14(8-4-5-9-22-19(17)27)23-18(26)16(15-10-21-12-30-15)24-20(28)29-11-13-6-2-1-3-7-13/h1-3,6-7,10,12,14,16H,4-5,8-9,11H2,(H,22,27)(H,23,26)(H,24,28). The van der Waals surface area contributed by atoms with Gasteiger partial charge in [-0.3, -0.25) is 19.4 Å². The Hall–Kier alpha value is -3.27. The molecule has 0 saturated carbocycles. The number of Topliss-reactive ketones (excluding diaryl/α,β-unsaturated/α-hetero) is 1. The van der Waals surface area contributed by atoms with E-state index in [1.54, 1.807) is 0 Å². The van der Waals surface area contributed by atoms with E-state index in [-0.39, 0.29) is 6.61 Å². The van der Waals surface area contributed by atoms with Crippen LogP contribution in [-0.2, 0) is 25.7 Å². The normalized spacial score (nSPS) is 17.8. The maximum absolute atomic E-state index is 12.9. The van der Waals surface area contributed by atoms with Crippen LogP contribution >= 0.6 is 11.3 Å². The highest BCUT2D eigenvalue weighted by Gasteiger charge is 2.32. The molecule has 9 nitrogen and oxygen atoms in total. The monoisotopic (exact) mass is 430 g/mol. The molecule has 3 amide bonds. The fourth-order valence-corrected chi connectivity index (χ4v) is 3.63. The van der Waals surface area contributed by atoms with Crippen LogP contribution in [0.2, 0.25) is 0 Å². The highest BCUT2D eigenvalue weighted by Crippen LogP contribution is 2.19. The zero-order valence-corrected chi connectivity index (χ0v) is 16.9. The van der Waals surface area contributed by atoms with Crippen LogP contribution in [0.4, 0.5) is 4.79 Å². The molecule has 2 heterocycles. The Morgan fingerprint density at radius 1 is 1.23 bits per heavy atom. The first-order valence-electron chi connectivity index (χ1n) is 9.52. The van der Waals surface area contributed by atoms with Crippen LogP contribution in [-0.4, -0.2) is 41.3 Å². The predicted octanol–water partition coefficient (Wildman–Crippen LogP) is 1.46. The molecule has 0 aliphatic carbocycles. The van der Waals surface area contributed by atoms with Gasteiger partial charge in [0.25, 0.3) is 5.91 Å². The molecule has 0 bridgehead atoms. The Kier molecular flexibility index (Phi) is 7.50. The number of ketones is 1. The predicted molar refractivity (Wildman–Crippen MR) is 108 cm³/mol. The van der Waals surface area contributed by atoms with Crippen molar-refractivity contribution in [2.75, 3.05) is 6.54 Å². The van der Waals surface area contributed by atoms with E-state index in [4.69, 9.17) is 4.74 Å². The lowest BCUT2D eigenvalue weighted by molar-refractivity contribution is -0.140. The number of hydrogen-bond donors (Lipinski definition) is 3. The molecule has 2 aromatic rings.